The molecule has 0 atom stereocenters. The predicted octanol–water partition coefficient (Wildman–Crippen LogP) is 4.28. The summed E-state index contributed by atoms with van der Waals surface area (Å²) in [7, 11) is 0. The van der Waals surface area contributed by atoms with Crippen LogP contribution < -0.4 is 14.6 Å². The van der Waals surface area contributed by atoms with Crippen LogP contribution in [0.2, 0.25) is 0 Å². The number of benzene rings is 2. The van der Waals surface area contributed by atoms with Gasteiger partial charge in [-0.25, -0.2) is 0 Å². The molecule has 1 aliphatic rings. The van der Waals surface area contributed by atoms with Crippen molar-refractivity contribution in [3.05, 3.63) is 84.2 Å². The molecule has 1 aromatic heterocycles. The monoisotopic (exact) mass is 359 g/mol. The SMILES string of the molecule is O=C(C[n+]1ccc2c(c1)CCCC2)Nc1ccc(Oc2ccccc2)cc1. The van der Waals surface area contributed by atoms with Crippen LogP contribution in [0.5, 0.6) is 11.5 Å². The van der Waals surface area contributed by atoms with Gasteiger partial charge in [-0.15, -0.1) is 0 Å². The number of anilines is 1. The Kier molecular flexibility index (Phi) is 5.15. The number of ether oxygens (including phenoxy) is 1. The van der Waals surface area contributed by atoms with Crippen molar-refractivity contribution in [3.63, 3.8) is 0 Å². The van der Waals surface area contributed by atoms with Crippen molar-refractivity contribution in [1.29, 1.82) is 0 Å². The lowest BCUT2D eigenvalue weighted by molar-refractivity contribution is -0.684. The topological polar surface area (TPSA) is 42.2 Å². The summed E-state index contributed by atoms with van der Waals surface area (Å²) in [6.07, 6.45) is 8.88. The van der Waals surface area contributed by atoms with Crippen LogP contribution in [-0.4, -0.2) is 5.91 Å². The first-order valence-corrected chi connectivity index (χ1v) is 9.40. The van der Waals surface area contributed by atoms with E-state index in [1.54, 1.807) is 0 Å². The lowest BCUT2D eigenvalue weighted by atomic mass is 9.93. The summed E-state index contributed by atoms with van der Waals surface area (Å²) < 4.78 is 7.73. The second kappa shape index (κ2) is 8.04. The van der Waals surface area contributed by atoms with Crippen LogP contribution in [-0.2, 0) is 24.2 Å². The first kappa shape index (κ1) is 17.3. The van der Waals surface area contributed by atoms with Gasteiger partial charge in [-0.05, 0) is 67.6 Å². The van der Waals surface area contributed by atoms with Crippen LogP contribution >= 0.6 is 0 Å². The normalized spacial score (nSPS) is 12.9. The molecule has 0 radical (unpaired) electrons. The van der Waals surface area contributed by atoms with Gasteiger partial charge >= 0.3 is 0 Å². The molecule has 0 saturated carbocycles. The van der Waals surface area contributed by atoms with Gasteiger partial charge in [-0.2, -0.15) is 4.57 Å². The van der Waals surface area contributed by atoms with Crippen molar-refractivity contribution in [2.75, 3.05) is 5.32 Å². The summed E-state index contributed by atoms with van der Waals surface area (Å²) in [5.41, 5.74) is 3.56. The number of hydrogen-bond donors (Lipinski definition) is 1. The number of aryl methyl sites for hydroxylation is 2. The highest BCUT2D eigenvalue weighted by atomic mass is 16.5. The molecule has 3 aromatic rings. The second-order valence-corrected chi connectivity index (χ2v) is 6.86. The van der Waals surface area contributed by atoms with Crippen LogP contribution in [0.15, 0.2) is 73.1 Å². The minimum atomic E-state index is -0.0347. The lowest BCUT2D eigenvalue weighted by Crippen LogP contribution is -2.40. The molecular weight excluding hydrogens is 336 g/mol. The molecule has 1 amide bonds. The quantitative estimate of drug-likeness (QED) is 0.691. The van der Waals surface area contributed by atoms with E-state index >= 15 is 0 Å². The first-order chi connectivity index (χ1) is 13.3. The maximum Gasteiger partial charge on any atom is 0.290 e. The summed E-state index contributed by atoms with van der Waals surface area (Å²) in [6.45, 7) is 0.315. The second-order valence-electron chi connectivity index (χ2n) is 6.86. The van der Waals surface area contributed by atoms with Crippen molar-refractivity contribution >= 4 is 11.6 Å². The third-order valence-electron chi connectivity index (χ3n) is 4.79. The largest absolute Gasteiger partial charge is 0.457 e. The Labute approximate surface area is 159 Å². The maximum atomic E-state index is 12.4. The third kappa shape index (κ3) is 4.53. The number of pyridine rings is 1. The van der Waals surface area contributed by atoms with E-state index in [-0.39, 0.29) is 5.91 Å². The summed E-state index contributed by atoms with van der Waals surface area (Å²) in [4.78, 5) is 12.4. The number of fused-ring (bicyclic) bond motifs is 1. The maximum absolute atomic E-state index is 12.4. The zero-order valence-electron chi connectivity index (χ0n) is 15.2. The predicted molar refractivity (Wildman–Crippen MR) is 105 cm³/mol. The average molecular weight is 359 g/mol. The fourth-order valence-electron chi connectivity index (χ4n) is 3.41. The van der Waals surface area contributed by atoms with Crippen LogP contribution in [0.1, 0.15) is 24.0 Å². The molecule has 0 saturated heterocycles. The number of nitrogens with zero attached hydrogens (tertiary/aromatic N) is 1. The molecule has 0 bridgehead atoms. The van der Waals surface area contributed by atoms with Crippen molar-refractivity contribution < 1.29 is 14.1 Å². The third-order valence-corrected chi connectivity index (χ3v) is 4.79. The smallest absolute Gasteiger partial charge is 0.290 e. The van der Waals surface area contributed by atoms with E-state index in [1.165, 1.54) is 24.0 Å². The summed E-state index contributed by atoms with van der Waals surface area (Å²) >= 11 is 0. The van der Waals surface area contributed by atoms with E-state index in [4.69, 9.17) is 4.74 Å². The number of nitrogens with one attached hydrogen (secondary N) is 1. The van der Waals surface area contributed by atoms with Gasteiger partial charge in [0.25, 0.3) is 5.91 Å². The van der Waals surface area contributed by atoms with Crippen LogP contribution in [0, 0.1) is 0 Å². The van der Waals surface area contributed by atoms with E-state index in [9.17, 15) is 4.79 Å². The van der Waals surface area contributed by atoms with Gasteiger partial charge in [0, 0.05) is 17.3 Å². The van der Waals surface area contributed by atoms with E-state index in [1.807, 2.05) is 65.4 Å². The number of rotatable bonds is 5. The number of para-hydroxylation sites is 1. The van der Waals surface area contributed by atoms with Crippen molar-refractivity contribution in [1.82, 2.24) is 0 Å². The lowest BCUT2D eigenvalue weighted by Gasteiger charge is -2.13. The molecule has 0 unspecified atom stereocenters. The van der Waals surface area contributed by atoms with Gasteiger partial charge in [-0.3, -0.25) is 4.79 Å². The van der Waals surface area contributed by atoms with Gasteiger partial charge in [0.05, 0.1) is 0 Å². The molecule has 1 aliphatic carbocycles. The highest BCUT2D eigenvalue weighted by Crippen LogP contribution is 2.22. The zero-order chi connectivity index (χ0) is 18.5. The van der Waals surface area contributed by atoms with E-state index < -0.39 is 0 Å². The fourth-order valence-corrected chi connectivity index (χ4v) is 3.41. The average Bonchev–Trinajstić information content (AvgIpc) is 2.70. The molecule has 0 fully saturated rings. The Morgan fingerprint density at radius 2 is 1.59 bits per heavy atom. The molecule has 1 N–H and O–H groups in total. The van der Waals surface area contributed by atoms with E-state index in [0.29, 0.717) is 6.54 Å². The molecule has 2 aromatic carbocycles. The molecule has 1 heterocycles. The molecule has 4 heteroatoms. The summed E-state index contributed by atoms with van der Waals surface area (Å²) in [5, 5.41) is 2.95. The van der Waals surface area contributed by atoms with Gasteiger partial charge in [0.2, 0.25) is 6.54 Å². The van der Waals surface area contributed by atoms with Crippen LogP contribution in [0.25, 0.3) is 0 Å². The highest BCUT2D eigenvalue weighted by molar-refractivity contribution is 5.89. The van der Waals surface area contributed by atoms with Crippen molar-refractivity contribution in [3.8, 4) is 11.5 Å². The highest BCUT2D eigenvalue weighted by Gasteiger charge is 2.15. The number of carbonyl (C=O) groups excluding carboxylic acids is 1. The first-order valence-electron chi connectivity index (χ1n) is 9.40. The Morgan fingerprint density at radius 1 is 0.889 bits per heavy atom. The number of aromatic nitrogens is 1. The Hall–Kier alpha value is -3.14. The van der Waals surface area contributed by atoms with Gasteiger partial charge in [-0.1, -0.05) is 18.2 Å². The molecule has 136 valence electrons. The minimum absolute atomic E-state index is 0.0347. The molecule has 0 aliphatic heterocycles. The van der Waals surface area contributed by atoms with Crippen molar-refractivity contribution in [2.24, 2.45) is 0 Å². The number of hydrogen-bond acceptors (Lipinski definition) is 2. The Morgan fingerprint density at radius 3 is 2.37 bits per heavy atom. The molecule has 4 rings (SSSR count). The van der Waals surface area contributed by atoms with Gasteiger partial charge in [0.1, 0.15) is 11.5 Å². The van der Waals surface area contributed by atoms with Crippen molar-refractivity contribution in [2.45, 2.75) is 32.2 Å². The van der Waals surface area contributed by atoms with E-state index in [0.717, 1.165) is 30.0 Å². The summed E-state index contributed by atoms with van der Waals surface area (Å²) in [6, 6.07) is 19.2. The summed E-state index contributed by atoms with van der Waals surface area (Å²) in [5.74, 6) is 1.49. The van der Waals surface area contributed by atoms with Gasteiger partial charge < -0.3 is 10.1 Å². The Balaban J connectivity index is 1.35. The molecule has 0 spiro atoms. The molecule has 4 nitrogen and oxygen atoms in total. The molecular formula is C23H23N2O2+. The molecule has 27 heavy (non-hydrogen) atoms. The van der Waals surface area contributed by atoms with E-state index in [2.05, 4.69) is 17.6 Å². The van der Waals surface area contributed by atoms with Gasteiger partial charge in [0.15, 0.2) is 12.4 Å². The standard InChI is InChI=1S/C23H22N2O2/c26-23(17-25-15-14-18-6-4-5-7-19(18)16-25)24-20-10-12-22(13-11-20)27-21-8-2-1-3-9-21/h1-3,8-16H,4-7,17H2/p+1. The van der Waals surface area contributed by atoms with Crippen LogP contribution in [0.4, 0.5) is 5.69 Å². The number of amides is 1. The fraction of sp³-hybridized carbons (Fsp3) is 0.217. The zero-order valence-corrected chi connectivity index (χ0v) is 15.2. The minimum Gasteiger partial charge on any atom is -0.457 e. The Bertz CT molecular complexity index is 921. The van der Waals surface area contributed by atoms with Crippen LogP contribution in [0.3, 0.4) is 0 Å². The number of carbonyl (C=O) groups is 1.